The maximum atomic E-state index is 14.0. The van der Waals surface area contributed by atoms with Gasteiger partial charge in [-0.2, -0.15) is 0 Å². The summed E-state index contributed by atoms with van der Waals surface area (Å²) in [6.07, 6.45) is 0.727. The minimum atomic E-state index is -0.295. The molecule has 18 heavy (non-hydrogen) atoms. The molecule has 0 aliphatic carbocycles. The predicted molar refractivity (Wildman–Crippen MR) is 70.2 cm³/mol. The molecule has 4 heteroatoms. The Morgan fingerprint density at radius 3 is 2.83 bits per heavy atom. The van der Waals surface area contributed by atoms with Crippen molar-refractivity contribution in [2.24, 2.45) is 0 Å². The number of hydrogen-bond acceptors (Lipinski definition) is 2. The number of aryl methyl sites for hydroxylation is 1. The van der Waals surface area contributed by atoms with Crippen LogP contribution in [0.25, 0.3) is 0 Å². The van der Waals surface area contributed by atoms with E-state index in [9.17, 15) is 9.18 Å². The van der Waals surface area contributed by atoms with Gasteiger partial charge in [-0.3, -0.25) is 4.79 Å². The van der Waals surface area contributed by atoms with E-state index in [2.05, 4.69) is 5.32 Å². The van der Waals surface area contributed by atoms with Gasteiger partial charge in [-0.15, -0.1) is 0 Å². The molecule has 1 amide bonds. The van der Waals surface area contributed by atoms with Crippen LogP contribution in [0.15, 0.2) is 18.2 Å². The van der Waals surface area contributed by atoms with Gasteiger partial charge >= 0.3 is 0 Å². The van der Waals surface area contributed by atoms with Crippen molar-refractivity contribution >= 4 is 11.6 Å². The molecule has 1 saturated heterocycles. The Hall–Kier alpha value is -1.42. The SMILES string of the molecule is Cc1cccc(N2CCC(NC(C)C)C2=O)c1F. The fourth-order valence-corrected chi connectivity index (χ4v) is 2.32. The lowest BCUT2D eigenvalue weighted by Gasteiger charge is -2.19. The lowest BCUT2D eigenvalue weighted by Crippen LogP contribution is -2.41. The first kappa shape index (κ1) is 13.0. The number of hydrogen-bond donors (Lipinski definition) is 1. The summed E-state index contributed by atoms with van der Waals surface area (Å²) >= 11 is 0. The average molecular weight is 250 g/mol. The van der Waals surface area contributed by atoms with Crippen LogP contribution in [0.5, 0.6) is 0 Å². The zero-order chi connectivity index (χ0) is 13.3. The highest BCUT2D eigenvalue weighted by molar-refractivity contribution is 5.99. The van der Waals surface area contributed by atoms with E-state index in [0.29, 0.717) is 17.8 Å². The van der Waals surface area contributed by atoms with E-state index in [-0.39, 0.29) is 23.8 Å². The fraction of sp³-hybridized carbons (Fsp3) is 0.500. The van der Waals surface area contributed by atoms with Gasteiger partial charge in [-0.25, -0.2) is 4.39 Å². The van der Waals surface area contributed by atoms with Gasteiger partial charge in [0.15, 0.2) is 0 Å². The van der Waals surface area contributed by atoms with Crippen LogP contribution < -0.4 is 10.2 Å². The Balaban J connectivity index is 2.21. The zero-order valence-corrected chi connectivity index (χ0v) is 11.0. The highest BCUT2D eigenvalue weighted by atomic mass is 19.1. The van der Waals surface area contributed by atoms with E-state index < -0.39 is 0 Å². The molecule has 2 rings (SSSR count). The van der Waals surface area contributed by atoms with Crippen LogP contribution in [-0.2, 0) is 4.79 Å². The summed E-state index contributed by atoms with van der Waals surface area (Å²) in [5.74, 6) is -0.329. The molecule has 1 aromatic rings. The Labute approximate surface area is 107 Å². The van der Waals surface area contributed by atoms with Gasteiger partial charge in [-0.1, -0.05) is 26.0 Å². The number of halogens is 1. The van der Waals surface area contributed by atoms with Crippen LogP contribution in [0.2, 0.25) is 0 Å². The topological polar surface area (TPSA) is 32.3 Å². The molecule has 3 nitrogen and oxygen atoms in total. The molecule has 0 spiro atoms. The van der Waals surface area contributed by atoms with Crippen molar-refractivity contribution in [3.05, 3.63) is 29.6 Å². The molecule has 1 heterocycles. The van der Waals surface area contributed by atoms with Gasteiger partial charge < -0.3 is 10.2 Å². The Bertz CT molecular complexity index is 459. The first-order valence-corrected chi connectivity index (χ1v) is 6.33. The van der Waals surface area contributed by atoms with Crippen LogP contribution in [-0.4, -0.2) is 24.5 Å². The molecule has 1 aliphatic rings. The molecule has 0 bridgehead atoms. The highest BCUT2D eigenvalue weighted by Crippen LogP contribution is 2.26. The quantitative estimate of drug-likeness (QED) is 0.892. The summed E-state index contributed by atoms with van der Waals surface area (Å²) in [6.45, 7) is 6.29. The van der Waals surface area contributed by atoms with Crippen LogP contribution in [0.3, 0.4) is 0 Å². The molecule has 1 fully saturated rings. The lowest BCUT2D eigenvalue weighted by molar-refractivity contribution is -0.119. The van der Waals surface area contributed by atoms with Gasteiger partial charge in [0, 0.05) is 12.6 Å². The number of nitrogens with one attached hydrogen (secondary N) is 1. The summed E-state index contributed by atoms with van der Waals surface area (Å²) in [7, 11) is 0. The van der Waals surface area contributed by atoms with E-state index in [1.54, 1.807) is 30.0 Å². The van der Waals surface area contributed by atoms with Crippen molar-refractivity contribution in [3.8, 4) is 0 Å². The zero-order valence-electron chi connectivity index (χ0n) is 11.0. The average Bonchev–Trinajstić information content (AvgIpc) is 2.64. The predicted octanol–water partition coefficient (Wildman–Crippen LogP) is 2.24. The minimum absolute atomic E-state index is 0.0341. The van der Waals surface area contributed by atoms with E-state index in [1.807, 2.05) is 13.8 Å². The lowest BCUT2D eigenvalue weighted by atomic mass is 10.2. The summed E-state index contributed by atoms with van der Waals surface area (Å²) in [6, 6.07) is 5.22. The van der Waals surface area contributed by atoms with Gasteiger partial charge in [0.2, 0.25) is 5.91 Å². The number of carbonyl (C=O) groups is 1. The Morgan fingerprint density at radius 2 is 2.17 bits per heavy atom. The maximum Gasteiger partial charge on any atom is 0.244 e. The summed E-state index contributed by atoms with van der Waals surface area (Å²) in [5, 5.41) is 3.21. The van der Waals surface area contributed by atoms with E-state index in [4.69, 9.17) is 0 Å². The molecule has 98 valence electrons. The van der Waals surface area contributed by atoms with Gasteiger partial charge in [-0.05, 0) is 25.0 Å². The number of nitrogens with zero attached hydrogens (tertiary/aromatic N) is 1. The molecule has 1 aromatic carbocycles. The maximum absolute atomic E-state index is 14.0. The molecular formula is C14H19FN2O. The summed E-state index contributed by atoms with van der Waals surface area (Å²) in [5.41, 5.74) is 0.966. The van der Waals surface area contributed by atoms with Gasteiger partial charge in [0.25, 0.3) is 0 Å². The van der Waals surface area contributed by atoms with Gasteiger partial charge in [0.1, 0.15) is 5.82 Å². The third-order valence-corrected chi connectivity index (χ3v) is 3.20. The number of carbonyl (C=O) groups excluding carboxylic acids is 1. The minimum Gasteiger partial charge on any atom is -0.308 e. The van der Waals surface area contributed by atoms with Crippen molar-refractivity contribution in [2.75, 3.05) is 11.4 Å². The second-order valence-electron chi connectivity index (χ2n) is 5.06. The van der Waals surface area contributed by atoms with Crippen LogP contribution >= 0.6 is 0 Å². The second kappa shape index (κ2) is 5.06. The van der Waals surface area contributed by atoms with Crippen LogP contribution in [0.4, 0.5) is 10.1 Å². The Kier molecular flexibility index (Phi) is 3.66. The molecule has 1 aliphatic heterocycles. The largest absolute Gasteiger partial charge is 0.308 e. The van der Waals surface area contributed by atoms with Crippen molar-refractivity contribution in [1.29, 1.82) is 0 Å². The normalized spacial score (nSPS) is 19.9. The number of rotatable bonds is 3. The number of amides is 1. The van der Waals surface area contributed by atoms with Crippen molar-refractivity contribution in [3.63, 3.8) is 0 Å². The second-order valence-corrected chi connectivity index (χ2v) is 5.06. The molecule has 0 radical (unpaired) electrons. The molecule has 0 aromatic heterocycles. The third-order valence-electron chi connectivity index (χ3n) is 3.20. The number of anilines is 1. The summed E-state index contributed by atoms with van der Waals surface area (Å²) < 4.78 is 14.0. The van der Waals surface area contributed by atoms with Gasteiger partial charge in [0.05, 0.1) is 11.7 Å². The van der Waals surface area contributed by atoms with E-state index >= 15 is 0 Å². The van der Waals surface area contributed by atoms with Crippen LogP contribution in [0.1, 0.15) is 25.8 Å². The first-order valence-electron chi connectivity index (χ1n) is 6.33. The fourth-order valence-electron chi connectivity index (χ4n) is 2.32. The van der Waals surface area contributed by atoms with Crippen molar-refractivity contribution in [1.82, 2.24) is 5.32 Å². The molecule has 1 N–H and O–H groups in total. The van der Waals surface area contributed by atoms with Crippen molar-refractivity contribution < 1.29 is 9.18 Å². The van der Waals surface area contributed by atoms with Crippen LogP contribution in [0, 0.1) is 12.7 Å². The molecule has 0 saturated carbocycles. The summed E-state index contributed by atoms with van der Waals surface area (Å²) in [4.78, 5) is 13.7. The van der Waals surface area contributed by atoms with Crippen molar-refractivity contribution in [2.45, 2.75) is 39.3 Å². The third kappa shape index (κ3) is 2.38. The molecule has 1 unspecified atom stereocenters. The monoisotopic (exact) mass is 250 g/mol. The number of benzene rings is 1. The van der Waals surface area contributed by atoms with E-state index in [0.717, 1.165) is 6.42 Å². The molecular weight excluding hydrogens is 231 g/mol. The van der Waals surface area contributed by atoms with E-state index in [1.165, 1.54) is 0 Å². The molecule has 1 atom stereocenters. The first-order chi connectivity index (χ1) is 8.50. The standard InChI is InChI=1S/C14H19FN2O/c1-9(2)16-11-7-8-17(14(11)18)12-6-4-5-10(3)13(12)15/h4-6,9,11,16H,7-8H2,1-3H3. The highest BCUT2D eigenvalue weighted by Gasteiger charge is 2.33. The Morgan fingerprint density at radius 1 is 1.44 bits per heavy atom. The smallest absolute Gasteiger partial charge is 0.244 e.